The number of carbonyl (C=O) groups excluding carboxylic acids is 1. The summed E-state index contributed by atoms with van der Waals surface area (Å²) in [5.41, 5.74) is 1.16. The average Bonchev–Trinajstić information content (AvgIpc) is 3.39. The highest BCUT2D eigenvalue weighted by Crippen LogP contribution is 2.31. The predicted octanol–water partition coefficient (Wildman–Crippen LogP) is 4.21. The summed E-state index contributed by atoms with van der Waals surface area (Å²) in [6.45, 7) is 1.30. The molecule has 9 heteroatoms. The van der Waals surface area contributed by atoms with Crippen LogP contribution in [0.1, 0.15) is 12.8 Å². The molecule has 7 nitrogen and oxygen atoms in total. The number of thioether (sulfide) groups is 1. The second kappa shape index (κ2) is 9.51. The molecule has 0 radical (unpaired) electrons. The zero-order valence-corrected chi connectivity index (χ0v) is 17.7. The van der Waals surface area contributed by atoms with E-state index in [1.807, 2.05) is 16.7 Å². The number of carbonyl (C=O) groups is 1. The molecule has 0 saturated carbocycles. The summed E-state index contributed by atoms with van der Waals surface area (Å²) >= 11 is 7.39. The molecular weight excluding hydrogens is 424 g/mol. The topological polar surface area (TPSA) is 89.3 Å². The number of nitrogens with one attached hydrogen (secondary N) is 1. The van der Waals surface area contributed by atoms with Crippen LogP contribution in [0.2, 0.25) is 5.02 Å². The highest BCUT2D eigenvalue weighted by Gasteiger charge is 2.23. The lowest BCUT2D eigenvalue weighted by molar-refractivity contribution is -0.113. The molecule has 0 bridgehead atoms. The number of anilines is 1. The molecule has 2 N–H and O–H groups in total. The molecule has 1 aliphatic rings. The first-order valence-electron chi connectivity index (χ1n) is 9.62. The molecule has 1 amide bonds. The van der Waals surface area contributed by atoms with Crippen LogP contribution in [-0.2, 0) is 16.1 Å². The van der Waals surface area contributed by atoms with Gasteiger partial charge in [-0.2, -0.15) is 0 Å². The van der Waals surface area contributed by atoms with Gasteiger partial charge >= 0.3 is 0 Å². The molecule has 2 aromatic carbocycles. The monoisotopic (exact) mass is 444 g/mol. The van der Waals surface area contributed by atoms with Crippen molar-refractivity contribution >= 4 is 35.0 Å². The van der Waals surface area contributed by atoms with E-state index < -0.39 is 0 Å². The number of aromatic hydroxyl groups is 1. The SMILES string of the molecule is O=C(CSc1nnc(-c2ccccc2O)n1CC1CCCO1)Nc1ccccc1Cl. The molecule has 0 spiro atoms. The highest BCUT2D eigenvalue weighted by molar-refractivity contribution is 7.99. The van der Waals surface area contributed by atoms with Gasteiger partial charge in [0, 0.05) is 6.61 Å². The lowest BCUT2D eigenvalue weighted by atomic mass is 10.2. The van der Waals surface area contributed by atoms with Gasteiger partial charge in [0.05, 0.1) is 34.7 Å². The van der Waals surface area contributed by atoms with Crippen LogP contribution in [0.15, 0.2) is 53.7 Å². The van der Waals surface area contributed by atoms with E-state index in [1.54, 1.807) is 36.4 Å². The van der Waals surface area contributed by atoms with Gasteiger partial charge in [0.25, 0.3) is 0 Å². The summed E-state index contributed by atoms with van der Waals surface area (Å²) in [4.78, 5) is 12.4. The number of ether oxygens (including phenoxy) is 1. The molecule has 1 atom stereocenters. The Bertz CT molecular complexity index is 1040. The third-order valence-corrected chi connectivity index (χ3v) is 6.05. The zero-order valence-electron chi connectivity index (χ0n) is 16.1. The largest absolute Gasteiger partial charge is 0.507 e. The number of phenolic OH excluding ortho intramolecular Hbond substituents is 1. The molecule has 1 aliphatic heterocycles. The predicted molar refractivity (Wildman–Crippen MR) is 117 cm³/mol. The molecule has 1 aromatic heterocycles. The summed E-state index contributed by atoms with van der Waals surface area (Å²) in [5, 5.41) is 22.7. The lowest BCUT2D eigenvalue weighted by Gasteiger charge is -2.15. The van der Waals surface area contributed by atoms with E-state index in [1.165, 1.54) is 11.8 Å². The van der Waals surface area contributed by atoms with Gasteiger partial charge in [-0.1, -0.05) is 47.6 Å². The summed E-state index contributed by atoms with van der Waals surface area (Å²) < 4.78 is 7.69. The molecule has 4 rings (SSSR count). The Labute approximate surface area is 183 Å². The number of nitrogens with zero attached hydrogens (tertiary/aromatic N) is 3. The fourth-order valence-corrected chi connectivity index (χ4v) is 4.22. The van der Waals surface area contributed by atoms with E-state index in [9.17, 15) is 9.90 Å². The van der Waals surface area contributed by atoms with Gasteiger partial charge in [-0.3, -0.25) is 9.36 Å². The van der Waals surface area contributed by atoms with Crippen LogP contribution in [0.25, 0.3) is 11.4 Å². The van der Waals surface area contributed by atoms with Crippen LogP contribution in [-0.4, -0.2) is 44.2 Å². The molecule has 0 aliphatic carbocycles. The van der Waals surface area contributed by atoms with Crippen LogP contribution in [0.5, 0.6) is 5.75 Å². The van der Waals surface area contributed by atoms with Crippen molar-refractivity contribution in [3.05, 3.63) is 53.6 Å². The Morgan fingerprint density at radius 3 is 2.80 bits per heavy atom. The molecule has 3 aromatic rings. The normalized spacial score (nSPS) is 16.0. The Morgan fingerprint density at radius 1 is 1.23 bits per heavy atom. The fourth-order valence-electron chi connectivity index (χ4n) is 3.29. The minimum atomic E-state index is -0.191. The van der Waals surface area contributed by atoms with Crippen LogP contribution in [0, 0.1) is 0 Å². The van der Waals surface area contributed by atoms with E-state index in [4.69, 9.17) is 16.3 Å². The van der Waals surface area contributed by atoms with Crippen LogP contribution in [0.4, 0.5) is 5.69 Å². The third kappa shape index (κ3) is 4.77. The first kappa shape index (κ1) is 20.7. The number of rotatable bonds is 7. The van der Waals surface area contributed by atoms with Crippen LogP contribution in [0.3, 0.4) is 0 Å². The van der Waals surface area contributed by atoms with Crippen molar-refractivity contribution < 1.29 is 14.6 Å². The van der Waals surface area contributed by atoms with E-state index in [2.05, 4.69) is 15.5 Å². The van der Waals surface area contributed by atoms with Crippen molar-refractivity contribution in [3.63, 3.8) is 0 Å². The maximum atomic E-state index is 12.4. The number of hydrogen-bond acceptors (Lipinski definition) is 6. The van der Waals surface area contributed by atoms with Gasteiger partial charge < -0.3 is 15.2 Å². The Hall–Kier alpha value is -2.55. The molecule has 1 unspecified atom stereocenters. The molecular formula is C21H21ClN4O3S. The minimum Gasteiger partial charge on any atom is -0.507 e. The van der Waals surface area contributed by atoms with Crippen LogP contribution >= 0.6 is 23.4 Å². The smallest absolute Gasteiger partial charge is 0.234 e. The molecule has 1 fully saturated rings. The van der Waals surface area contributed by atoms with E-state index in [0.29, 0.717) is 33.8 Å². The summed E-state index contributed by atoms with van der Waals surface area (Å²) in [5.74, 6) is 0.642. The highest BCUT2D eigenvalue weighted by atomic mass is 35.5. The maximum absolute atomic E-state index is 12.4. The third-order valence-electron chi connectivity index (χ3n) is 4.75. The van der Waals surface area contributed by atoms with Gasteiger partial charge in [-0.15, -0.1) is 10.2 Å². The van der Waals surface area contributed by atoms with Crippen molar-refractivity contribution in [2.75, 3.05) is 17.7 Å². The first-order chi connectivity index (χ1) is 14.6. The van der Waals surface area contributed by atoms with E-state index in [-0.39, 0.29) is 23.5 Å². The average molecular weight is 445 g/mol. The Morgan fingerprint density at radius 2 is 2.03 bits per heavy atom. The van der Waals surface area contributed by atoms with E-state index in [0.717, 1.165) is 19.4 Å². The van der Waals surface area contributed by atoms with Crippen molar-refractivity contribution in [1.29, 1.82) is 0 Å². The van der Waals surface area contributed by atoms with Crippen molar-refractivity contribution in [3.8, 4) is 17.1 Å². The molecule has 2 heterocycles. The number of halogens is 1. The Kier molecular flexibility index (Phi) is 6.56. The number of hydrogen-bond donors (Lipinski definition) is 2. The summed E-state index contributed by atoms with van der Waals surface area (Å²) in [6, 6.07) is 14.1. The standard InChI is InChI=1S/C21H21ClN4O3S/c22-16-8-2-3-9-17(16)23-19(28)13-30-21-25-24-20(15-7-1-4-10-18(15)27)26(21)12-14-6-5-11-29-14/h1-4,7-10,14,27H,5-6,11-13H2,(H,23,28). The van der Waals surface area contributed by atoms with Crippen LogP contribution < -0.4 is 5.32 Å². The van der Waals surface area contributed by atoms with Crippen molar-refractivity contribution in [2.45, 2.75) is 30.6 Å². The fraction of sp³-hybridized carbons (Fsp3) is 0.286. The van der Waals surface area contributed by atoms with E-state index >= 15 is 0 Å². The molecule has 1 saturated heterocycles. The molecule has 30 heavy (non-hydrogen) atoms. The summed E-state index contributed by atoms with van der Waals surface area (Å²) in [7, 11) is 0. The molecule has 156 valence electrons. The second-order valence-corrected chi connectivity index (χ2v) is 8.24. The number of para-hydroxylation sites is 2. The van der Waals surface area contributed by atoms with Crippen molar-refractivity contribution in [2.24, 2.45) is 0 Å². The number of benzene rings is 2. The van der Waals surface area contributed by atoms with Gasteiger partial charge in [-0.25, -0.2) is 0 Å². The Balaban J connectivity index is 1.53. The first-order valence-corrected chi connectivity index (χ1v) is 11.0. The number of phenols is 1. The van der Waals surface area contributed by atoms with Gasteiger partial charge in [0.2, 0.25) is 5.91 Å². The minimum absolute atomic E-state index is 0.0573. The van der Waals surface area contributed by atoms with Gasteiger partial charge in [0.15, 0.2) is 11.0 Å². The second-order valence-electron chi connectivity index (χ2n) is 6.89. The maximum Gasteiger partial charge on any atom is 0.234 e. The number of amides is 1. The number of aromatic nitrogens is 3. The lowest BCUT2D eigenvalue weighted by Crippen LogP contribution is -2.18. The van der Waals surface area contributed by atoms with Gasteiger partial charge in [-0.05, 0) is 37.1 Å². The van der Waals surface area contributed by atoms with Gasteiger partial charge in [0.1, 0.15) is 5.75 Å². The van der Waals surface area contributed by atoms with Crippen molar-refractivity contribution in [1.82, 2.24) is 14.8 Å². The quantitative estimate of drug-likeness (QED) is 0.530. The zero-order chi connectivity index (χ0) is 20.9. The summed E-state index contributed by atoms with van der Waals surface area (Å²) in [6.07, 6.45) is 2.03.